The van der Waals surface area contributed by atoms with Crippen LogP contribution in [0.3, 0.4) is 0 Å². The summed E-state index contributed by atoms with van der Waals surface area (Å²) in [6.07, 6.45) is 0.899. The molecule has 0 atom stereocenters. The smallest absolute Gasteiger partial charge is 0.314 e. The lowest BCUT2D eigenvalue weighted by Crippen LogP contribution is -2.38. The van der Waals surface area contributed by atoms with Gasteiger partial charge in [0.15, 0.2) is 5.82 Å². The highest BCUT2D eigenvalue weighted by Gasteiger charge is 2.19. The maximum atomic E-state index is 11.3. The van der Waals surface area contributed by atoms with Gasteiger partial charge in [-0.15, -0.1) is 5.10 Å². The monoisotopic (exact) mass is 301 g/mol. The van der Waals surface area contributed by atoms with E-state index in [0.29, 0.717) is 19.6 Å². The van der Waals surface area contributed by atoms with Crippen molar-refractivity contribution in [2.24, 2.45) is 5.73 Å². The second-order valence-electron chi connectivity index (χ2n) is 5.30. The Hall–Kier alpha value is -2.48. The molecule has 2 aromatic rings. The Morgan fingerprint density at radius 3 is 2.73 bits per heavy atom. The Morgan fingerprint density at radius 2 is 1.95 bits per heavy atom. The molecule has 8 heteroatoms. The summed E-state index contributed by atoms with van der Waals surface area (Å²) >= 11 is 0. The number of rotatable bonds is 3. The SMILES string of the molecule is NC(=O)N1CCCN(Cc2nnnn2-c2ccccc2)CC1. The lowest BCUT2D eigenvalue weighted by molar-refractivity contribution is 0.206. The molecule has 0 radical (unpaired) electrons. The summed E-state index contributed by atoms with van der Waals surface area (Å²) in [6.45, 7) is 3.65. The van der Waals surface area contributed by atoms with Gasteiger partial charge in [-0.2, -0.15) is 4.68 Å². The van der Waals surface area contributed by atoms with E-state index in [1.807, 2.05) is 30.3 Å². The first-order chi connectivity index (χ1) is 10.7. The Morgan fingerprint density at radius 1 is 1.14 bits per heavy atom. The molecule has 1 aliphatic rings. The summed E-state index contributed by atoms with van der Waals surface area (Å²) in [6, 6.07) is 9.46. The van der Waals surface area contributed by atoms with Crippen LogP contribution in [0.5, 0.6) is 0 Å². The van der Waals surface area contributed by atoms with Crippen LogP contribution in [0.2, 0.25) is 0 Å². The van der Waals surface area contributed by atoms with E-state index in [9.17, 15) is 4.79 Å². The topological polar surface area (TPSA) is 93.2 Å². The third-order valence-corrected chi connectivity index (χ3v) is 3.80. The van der Waals surface area contributed by atoms with E-state index in [1.54, 1.807) is 9.58 Å². The van der Waals surface area contributed by atoms with Gasteiger partial charge in [-0.1, -0.05) is 18.2 Å². The summed E-state index contributed by atoms with van der Waals surface area (Å²) in [7, 11) is 0. The fourth-order valence-corrected chi connectivity index (χ4v) is 2.62. The molecule has 2 heterocycles. The molecule has 0 aliphatic carbocycles. The molecule has 0 spiro atoms. The van der Waals surface area contributed by atoms with Gasteiger partial charge in [0.25, 0.3) is 0 Å². The van der Waals surface area contributed by atoms with Crippen molar-refractivity contribution >= 4 is 6.03 Å². The van der Waals surface area contributed by atoms with E-state index in [4.69, 9.17) is 5.73 Å². The summed E-state index contributed by atoms with van der Waals surface area (Å²) in [5.41, 5.74) is 6.29. The van der Waals surface area contributed by atoms with E-state index in [0.717, 1.165) is 31.0 Å². The Labute approximate surface area is 128 Å². The van der Waals surface area contributed by atoms with Crippen LogP contribution < -0.4 is 5.73 Å². The van der Waals surface area contributed by atoms with Crippen molar-refractivity contribution in [1.82, 2.24) is 30.0 Å². The third kappa shape index (κ3) is 3.22. The van der Waals surface area contributed by atoms with E-state index in [-0.39, 0.29) is 6.03 Å². The molecule has 1 fully saturated rings. The number of urea groups is 1. The van der Waals surface area contributed by atoms with Crippen molar-refractivity contribution in [2.45, 2.75) is 13.0 Å². The Kier molecular flexibility index (Phi) is 4.29. The number of tetrazole rings is 1. The molecular weight excluding hydrogens is 282 g/mol. The van der Waals surface area contributed by atoms with Crippen LogP contribution in [0.4, 0.5) is 4.79 Å². The molecule has 8 nitrogen and oxygen atoms in total. The molecule has 0 bridgehead atoms. The Balaban J connectivity index is 1.69. The number of benzene rings is 1. The van der Waals surface area contributed by atoms with Crippen molar-refractivity contribution < 1.29 is 4.79 Å². The first-order valence-corrected chi connectivity index (χ1v) is 7.33. The van der Waals surface area contributed by atoms with Crippen molar-refractivity contribution in [3.63, 3.8) is 0 Å². The van der Waals surface area contributed by atoms with Crippen LogP contribution >= 0.6 is 0 Å². The molecule has 0 unspecified atom stereocenters. The maximum absolute atomic E-state index is 11.3. The summed E-state index contributed by atoms with van der Waals surface area (Å²) < 4.78 is 1.75. The largest absolute Gasteiger partial charge is 0.351 e. The number of para-hydroxylation sites is 1. The minimum Gasteiger partial charge on any atom is -0.351 e. The maximum Gasteiger partial charge on any atom is 0.314 e. The van der Waals surface area contributed by atoms with Crippen LogP contribution in [-0.4, -0.2) is 62.2 Å². The molecule has 116 valence electrons. The molecule has 1 aliphatic heterocycles. The van der Waals surface area contributed by atoms with E-state index in [2.05, 4.69) is 20.4 Å². The van der Waals surface area contributed by atoms with Crippen molar-refractivity contribution in [2.75, 3.05) is 26.2 Å². The summed E-state index contributed by atoms with van der Waals surface area (Å²) in [5, 5.41) is 12.0. The van der Waals surface area contributed by atoms with Gasteiger partial charge in [0.05, 0.1) is 12.2 Å². The van der Waals surface area contributed by atoms with Crippen molar-refractivity contribution in [3.8, 4) is 5.69 Å². The van der Waals surface area contributed by atoms with E-state index >= 15 is 0 Å². The van der Waals surface area contributed by atoms with Gasteiger partial charge in [-0.25, -0.2) is 4.79 Å². The molecule has 2 N–H and O–H groups in total. The highest BCUT2D eigenvalue weighted by atomic mass is 16.2. The number of primary amides is 1. The molecule has 3 rings (SSSR count). The highest BCUT2D eigenvalue weighted by molar-refractivity contribution is 5.71. The van der Waals surface area contributed by atoms with E-state index in [1.165, 1.54) is 0 Å². The molecule has 1 aromatic heterocycles. The molecule has 1 aromatic carbocycles. The highest BCUT2D eigenvalue weighted by Crippen LogP contribution is 2.11. The van der Waals surface area contributed by atoms with Crippen LogP contribution in [0.25, 0.3) is 5.69 Å². The third-order valence-electron chi connectivity index (χ3n) is 3.80. The minimum absolute atomic E-state index is 0.351. The van der Waals surface area contributed by atoms with Crippen LogP contribution in [-0.2, 0) is 6.54 Å². The number of carbonyl (C=O) groups is 1. The van der Waals surface area contributed by atoms with Gasteiger partial charge in [0, 0.05) is 26.2 Å². The molecule has 22 heavy (non-hydrogen) atoms. The van der Waals surface area contributed by atoms with Gasteiger partial charge in [-0.05, 0) is 29.0 Å². The number of carbonyl (C=O) groups excluding carboxylic acids is 1. The van der Waals surface area contributed by atoms with Crippen LogP contribution in [0.1, 0.15) is 12.2 Å². The predicted octanol–water partition coefficient (Wildman–Crippen LogP) is 0.249. The van der Waals surface area contributed by atoms with Gasteiger partial charge in [0.2, 0.25) is 0 Å². The fourth-order valence-electron chi connectivity index (χ4n) is 2.62. The molecule has 2 amide bonds. The number of nitrogens with two attached hydrogens (primary N) is 1. The zero-order chi connectivity index (χ0) is 15.4. The summed E-state index contributed by atoms with van der Waals surface area (Å²) in [5.74, 6) is 0.790. The standard InChI is InChI=1S/C14H19N7O/c15-14(22)20-8-4-7-19(9-10-20)11-13-16-17-18-21(13)12-5-2-1-3-6-12/h1-3,5-6H,4,7-11H2,(H2,15,22). The van der Waals surface area contributed by atoms with E-state index < -0.39 is 0 Å². The second-order valence-corrected chi connectivity index (χ2v) is 5.30. The normalized spacial score (nSPS) is 16.5. The first-order valence-electron chi connectivity index (χ1n) is 7.33. The number of amides is 2. The predicted molar refractivity (Wildman–Crippen MR) is 80.2 cm³/mol. The molecular formula is C14H19N7O. The Bertz CT molecular complexity index is 627. The number of hydrogen-bond donors (Lipinski definition) is 1. The molecule has 1 saturated heterocycles. The zero-order valence-electron chi connectivity index (χ0n) is 12.3. The average molecular weight is 301 g/mol. The number of hydrogen-bond acceptors (Lipinski definition) is 5. The number of nitrogens with zero attached hydrogens (tertiary/aromatic N) is 6. The van der Waals surface area contributed by atoms with Gasteiger partial charge in [-0.3, -0.25) is 4.90 Å². The second kappa shape index (κ2) is 6.52. The number of aromatic nitrogens is 4. The lowest BCUT2D eigenvalue weighted by atomic mass is 10.3. The first kappa shape index (κ1) is 14.5. The van der Waals surface area contributed by atoms with Crippen molar-refractivity contribution in [1.29, 1.82) is 0 Å². The summed E-state index contributed by atoms with van der Waals surface area (Å²) in [4.78, 5) is 15.2. The van der Waals surface area contributed by atoms with Crippen LogP contribution in [0.15, 0.2) is 30.3 Å². The van der Waals surface area contributed by atoms with Crippen molar-refractivity contribution in [3.05, 3.63) is 36.2 Å². The quantitative estimate of drug-likeness (QED) is 0.877. The lowest BCUT2D eigenvalue weighted by Gasteiger charge is -2.20. The minimum atomic E-state index is -0.351. The van der Waals surface area contributed by atoms with Gasteiger partial charge >= 0.3 is 6.03 Å². The van der Waals surface area contributed by atoms with Gasteiger partial charge < -0.3 is 10.6 Å². The van der Waals surface area contributed by atoms with Gasteiger partial charge in [0.1, 0.15) is 0 Å². The average Bonchev–Trinajstić information content (AvgIpc) is 2.85. The fraction of sp³-hybridized carbons (Fsp3) is 0.429. The van der Waals surface area contributed by atoms with Crippen LogP contribution in [0, 0.1) is 0 Å². The molecule has 0 saturated carbocycles. The zero-order valence-corrected chi connectivity index (χ0v) is 12.3.